The number of ether oxygens (including phenoxy) is 1. The molecule has 0 saturated carbocycles. The van der Waals surface area contributed by atoms with Crippen LogP contribution in [-0.4, -0.2) is 25.0 Å². The summed E-state index contributed by atoms with van der Waals surface area (Å²) in [5.74, 6) is -1.81. The molecule has 2 amide bonds. The molecule has 2 aromatic carbocycles. The highest BCUT2D eigenvalue weighted by Gasteiger charge is 2.09. The van der Waals surface area contributed by atoms with Crippen LogP contribution in [0.1, 0.15) is 0 Å². The van der Waals surface area contributed by atoms with Crippen molar-refractivity contribution in [3.05, 3.63) is 59.1 Å². The van der Waals surface area contributed by atoms with Gasteiger partial charge < -0.3 is 15.4 Å². The Balaban J connectivity index is 1.74. The van der Waals surface area contributed by atoms with Gasteiger partial charge in [-0.1, -0.05) is 11.6 Å². The van der Waals surface area contributed by atoms with Gasteiger partial charge in [0.25, 0.3) is 5.91 Å². The summed E-state index contributed by atoms with van der Waals surface area (Å²) in [6, 6.07) is 8.71. The third-order valence-corrected chi connectivity index (χ3v) is 3.12. The molecule has 5 nitrogen and oxygen atoms in total. The number of halogens is 3. The Morgan fingerprint density at radius 2 is 1.67 bits per heavy atom. The van der Waals surface area contributed by atoms with Gasteiger partial charge in [0.2, 0.25) is 5.91 Å². The van der Waals surface area contributed by atoms with Gasteiger partial charge in [-0.05, 0) is 42.5 Å². The van der Waals surface area contributed by atoms with Gasteiger partial charge in [-0.25, -0.2) is 8.78 Å². The number of nitrogens with one attached hydrogen (secondary N) is 2. The molecule has 0 aromatic heterocycles. The van der Waals surface area contributed by atoms with Crippen molar-refractivity contribution in [3.8, 4) is 5.75 Å². The van der Waals surface area contributed by atoms with Gasteiger partial charge in [0, 0.05) is 5.69 Å². The van der Waals surface area contributed by atoms with Crippen LogP contribution in [0.5, 0.6) is 5.75 Å². The van der Waals surface area contributed by atoms with E-state index in [0.29, 0.717) is 5.69 Å². The van der Waals surface area contributed by atoms with Gasteiger partial charge in [-0.3, -0.25) is 9.59 Å². The van der Waals surface area contributed by atoms with Crippen LogP contribution in [0.25, 0.3) is 0 Å². The molecule has 0 atom stereocenters. The Morgan fingerprint density at radius 3 is 2.33 bits per heavy atom. The standard InChI is InChI=1S/C16H13ClF2N2O3/c17-13-7-11(19)3-6-14(13)24-9-16(23)20-8-15(22)21-12-4-1-10(18)2-5-12/h1-7H,8-9H2,(H,20,23)(H,21,22). The Labute approximate surface area is 141 Å². The largest absolute Gasteiger partial charge is 0.482 e. The van der Waals surface area contributed by atoms with Crippen LogP contribution in [0.2, 0.25) is 5.02 Å². The van der Waals surface area contributed by atoms with Gasteiger partial charge in [0.05, 0.1) is 11.6 Å². The molecule has 0 bridgehead atoms. The number of hydrogen-bond acceptors (Lipinski definition) is 3. The van der Waals surface area contributed by atoms with E-state index in [1.54, 1.807) is 0 Å². The molecule has 2 aromatic rings. The van der Waals surface area contributed by atoms with Gasteiger partial charge in [-0.15, -0.1) is 0 Å². The third-order valence-electron chi connectivity index (χ3n) is 2.83. The second kappa shape index (κ2) is 8.26. The van der Waals surface area contributed by atoms with E-state index < -0.39 is 23.4 Å². The third kappa shape index (κ3) is 5.51. The molecule has 0 unspecified atom stereocenters. The molecule has 0 aliphatic rings. The molecule has 0 spiro atoms. The van der Waals surface area contributed by atoms with E-state index in [1.165, 1.54) is 30.3 Å². The molecule has 8 heteroatoms. The number of carbonyl (C=O) groups excluding carboxylic acids is 2. The van der Waals surface area contributed by atoms with Gasteiger partial charge in [-0.2, -0.15) is 0 Å². The minimum absolute atomic E-state index is 0.0388. The van der Waals surface area contributed by atoms with Crippen molar-refractivity contribution in [1.29, 1.82) is 0 Å². The molecule has 0 radical (unpaired) electrons. The zero-order valence-corrected chi connectivity index (χ0v) is 13.1. The van der Waals surface area contributed by atoms with Crippen molar-refractivity contribution in [2.24, 2.45) is 0 Å². The monoisotopic (exact) mass is 354 g/mol. The summed E-state index contributed by atoms with van der Waals surface area (Å²) >= 11 is 5.75. The average Bonchev–Trinajstić information content (AvgIpc) is 2.54. The number of amides is 2. The van der Waals surface area contributed by atoms with Crippen LogP contribution >= 0.6 is 11.6 Å². The topological polar surface area (TPSA) is 67.4 Å². The summed E-state index contributed by atoms with van der Waals surface area (Å²) in [7, 11) is 0. The number of carbonyl (C=O) groups is 2. The van der Waals surface area contributed by atoms with E-state index in [2.05, 4.69) is 10.6 Å². The first-order valence-corrected chi connectivity index (χ1v) is 7.22. The number of benzene rings is 2. The van der Waals surface area contributed by atoms with Crippen molar-refractivity contribution in [2.45, 2.75) is 0 Å². The molecule has 0 heterocycles. The molecule has 0 saturated heterocycles. The van der Waals surface area contributed by atoms with Crippen molar-refractivity contribution >= 4 is 29.1 Å². The fourth-order valence-corrected chi connectivity index (χ4v) is 1.93. The highest BCUT2D eigenvalue weighted by molar-refractivity contribution is 6.32. The first-order chi connectivity index (χ1) is 11.4. The molecular weight excluding hydrogens is 342 g/mol. The number of hydrogen-bond donors (Lipinski definition) is 2. The molecule has 0 aliphatic heterocycles. The first kappa shape index (κ1) is 17.7. The van der Waals surface area contributed by atoms with Gasteiger partial charge in [0.1, 0.15) is 17.4 Å². The Morgan fingerprint density at radius 1 is 1.00 bits per heavy atom. The maximum absolute atomic E-state index is 12.9. The second-order valence-corrected chi connectivity index (χ2v) is 5.10. The lowest BCUT2D eigenvalue weighted by Gasteiger charge is -2.09. The van der Waals surface area contributed by atoms with Gasteiger partial charge >= 0.3 is 0 Å². The fraction of sp³-hybridized carbons (Fsp3) is 0.125. The summed E-state index contributed by atoms with van der Waals surface area (Å²) in [6.07, 6.45) is 0. The van der Waals surface area contributed by atoms with Crippen molar-refractivity contribution < 1.29 is 23.1 Å². The molecule has 24 heavy (non-hydrogen) atoms. The molecule has 0 aliphatic carbocycles. The second-order valence-electron chi connectivity index (χ2n) is 4.70. The predicted molar refractivity (Wildman–Crippen MR) is 84.9 cm³/mol. The average molecular weight is 355 g/mol. The van der Waals surface area contributed by atoms with Crippen LogP contribution in [0.4, 0.5) is 14.5 Å². The van der Waals surface area contributed by atoms with Gasteiger partial charge in [0.15, 0.2) is 6.61 Å². The predicted octanol–water partition coefficient (Wildman–Crippen LogP) is 2.75. The summed E-state index contributed by atoms with van der Waals surface area (Å²) in [6.45, 7) is -0.661. The lowest BCUT2D eigenvalue weighted by molar-refractivity contribution is -0.125. The first-order valence-electron chi connectivity index (χ1n) is 6.84. The Bertz CT molecular complexity index is 739. The zero-order valence-electron chi connectivity index (χ0n) is 12.3. The summed E-state index contributed by atoms with van der Waals surface area (Å²) in [5, 5.41) is 4.88. The van der Waals surface area contributed by atoms with Crippen LogP contribution in [0.15, 0.2) is 42.5 Å². The Hall–Kier alpha value is -2.67. The fourth-order valence-electron chi connectivity index (χ4n) is 1.70. The van der Waals surface area contributed by atoms with Crippen molar-refractivity contribution in [1.82, 2.24) is 5.32 Å². The van der Waals surface area contributed by atoms with E-state index in [-0.39, 0.29) is 23.9 Å². The van der Waals surface area contributed by atoms with Crippen LogP contribution < -0.4 is 15.4 Å². The van der Waals surface area contributed by atoms with Crippen molar-refractivity contribution in [3.63, 3.8) is 0 Å². The summed E-state index contributed by atoms with van der Waals surface area (Å²) < 4.78 is 30.7. The van der Waals surface area contributed by atoms with Crippen molar-refractivity contribution in [2.75, 3.05) is 18.5 Å². The molecular formula is C16H13ClF2N2O3. The zero-order chi connectivity index (χ0) is 17.5. The molecule has 2 N–H and O–H groups in total. The highest BCUT2D eigenvalue weighted by atomic mass is 35.5. The normalized spacial score (nSPS) is 10.1. The van der Waals surface area contributed by atoms with Crippen LogP contribution in [-0.2, 0) is 9.59 Å². The highest BCUT2D eigenvalue weighted by Crippen LogP contribution is 2.24. The molecule has 0 fully saturated rings. The maximum atomic E-state index is 12.9. The molecule has 2 rings (SSSR count). The van der Waals surface area contributed by atoms with E-state index in [9.17, 15) is 18.4 Å². The summed E-state index contributed by atoms with van der Waals surface area (Å²) in [4.78, 5) is 23.3. The van der Waals surface area contributed by atoms with Crippen LogP contribution in [0, 0.1) is 11.6 Å². The SMILES string of the molecule is O=C(COc1ccc(F)cc1Cl)NCC(=O)Nc1ccc(F)cc1. The van der Waals surface area contributed by atoms with E-state index >= 15 is 0 Å². The van der Waals surface area contributed by atoms with Crippen LogP contribution in [0.3, 0.4) is 0 Å². The lowest BCUT2D eigenvalue weighted by Crippen LogP contribution is -2.35. The number of anilines is 1. The molecule has 126 valence electrons. The van der Waals surface area contributed by atoms with E-state index in [4.69, 9.17) is 16.3 Å². The minimum Gasteiger partial charge on any atom is -0.482 e. The maximum Gasteiger partial charge on any atom is 0.258 e. The van der Waals surface area contributed by atoms with E-state index in [0.717, 1.165) is 12.1 Å². The lowest BCUT2D eigenvalue weighted by atomic mass is 10.3. The Kier molecular flexibility index (Phi) is 6.08. The minimum atomic E-state index is -0.551. The van der Waals surface area contributed by atoms with E-state index in [1.807, 2.05) is 0 Å². The number of rotatable bonds is 6. The summed E-state index contributed by atoms with van der Waals surface area (Å²) in [5.41, 5.74) is 0.407. The quantitative estimate of drug-likeness (QED) is 0.838. The smallest absolute Gasteiger partial charge is 0.258 e.